The summed E-state index contributed by atoms with van der Waals surface area (Å²) in [5.74, 6) is 0. The van der Waals surface area contributed by atoms with E-state index >= 15 is 0 Å². The molecule has 1 aromatic carbocycles. The number of anilines is 1. The molecule has 0 aromatic heterocycles. The van der Waals surface area contributed by atoms with Crippen molar-refractivity contribution >= 4 is 27.9 Å². The van der Waals surface area contributed by atoms with Crippen molar-refractivity contribution in [1.29, 1.82) is 0 Å². The van der Waals surface area contributed by atoms with Crippen molar-refractivity contribution < 1.29 is 4.79 Å². The molecule has 0 aliphatic rings. The lowest BCUT2D eigenvalue weighted by atomic mass is 10.2. The number of aldehydes is 1. The van der Waals surface area contributed by atoms with Crippen molar-refractivity contribution in [2.45, 2.75) is 19.9 Å². The molecule has 1 rings (SSSR count). The van der Waals surface area contributed by atoms with Crippen molar-refractivity contribution in [2.24, 2.45) is 0 Å². The van der Waals surface area contributed by atoms with Crippen molar-refractivity contribution in [3.05, 3.63) is 28.2 Å². The third kappa shape index (κ3) is 2.35. The molecule has 0 amide bonds. The number of hydrogen-bond donors (Lipinski definition) is 0. The van der Waals surface area contributed by atoms with E-state index in [9.17, 15) is 4.79 Å². The van der Waals surface area contributed by atoms with Crippen LogP contribution in [0.5, 0.6) is 0 Å². The van der Waals surface area contributed by atoms with Crippen molar-refractivity contribution in [1.82, 2.24) is 0 Å². The molecule has 0 atom stereocenters. The van der Waals surface area contributed by atoms with Crippen LogP contribution in [0, 0.1) is 0 Å². The van der Waals surface area contributed by atoms with E-state index in [0.29, 0.717) is 11.6 Å². The van der Waals surface area contributed by atoms with E-state index in [1.807, 2.05) is 25.2 Å². The van der Waals surface area contributed by atoms with Crippen LogP contribution < -0.4 is 4.90 Å². The molecule has 0 saturated heterocycles. The number of hydrogen-bond acceptors (Lipinski definition) is 2. The van der Waals surface area contributed by atoms with Gasteiger partial charge in [0, 0.05) is 23.1 Å². The number of rotatable bonds is 3. The lowest BCUT2D eigenvalue weighted by Gasteiger charge is -2.25. The van der Waals surface area contributed by atoms with Crippen LogP contribution >= 0.6 is 15.9 Å². The number of nitrogens with zero attached hydrogens (tertiary/aromatic N) is 1. The highest BCUT2D eigenvalue weighted by atomic mass is 79.9. The number of carbonyl (C=O) groups excluding carboxylic acids is 1. The zero-order chi connectivity index (χ0) is 10.7. The van der Waals surface area contributed by atoms with Gasteiger partial charge in [-0.1, -0.05) is 0 Å². The van der Waals surface area contributed by atoms with Gasteiger partial charge < -0.3 is 4.90 Å². The summed E-state index contributed by atoms with van der Waals surface area (Å²) in [6, 6.07) is 6.05. The molecule has 0 bridgehead atoms. The van der Waals surface area contributed by atoms with Crippen LogP contribution in [0.15, 0.2) is 22.7 Å². The minimum atomic E-state index is 0.438. The number of benzene rings is 1. The summed E-state index contributed by atoms with van der Waals surface area (Å²) in [6.07, 6.45) is 0.851. The monoisotopic (exact) mass is 255 g/mol. The summed E-state index contributed by atoms with van der Waals surface area (Å²) in [6.45, 7) is 4.25. The third-order valence-corrected chi connectivity index (χ3v) is 2.90. The highest BCUT2D eigenvalue weighted by molar-refractivity contribution is 9.10. The molecule has 0 saturated carbocycles. The SMILES string of the molecule is CC(C)N(C)c1ccc(C=O)cc1Br. The predicted molar refractivity (Wildman–Crippen MR) is 63.1 cm³/mol. The Bertz CT molecular complexity index is 336. The molecule has 0 heterocycles. The molecule has 0 aliphatic carbocycles. The maximum Gasteiger partial charge on any atom is 0.150 e. The molecule has 0 radical (unpaired) electrons. The Morgan fingerprint density at radius 1 is 1.43 bits per heavy atom. The average molecular weight is 256 g/mol. The first kappa shape index (κ1) is 11.2. The van der Waals surface area contributed by atoms with Crippen LogP contribution in [0.4, 0.5) is 5.69 Å². The first-order valence-corrected chi connectivity index (χ1v) is 5.33. The van der Waals surface area contributed by atoms with Gasteiger partial charge in [0.15, 0.2) is 0 Å². The fourth-order valence-corrected chi connectivity index (χ4v) is 1.84. The van der Waals surface area contributed by atoms with Gasteiger partial charge in [0.05, 0.1) is 5.69 Å². The van der Waals surface area contributed by atoms with Gasteiger partial charge in [-0.2, -0.15) is 0 Å². The van der Waals surface area contributed by atoms with Crippen LogP contribution in [0.25, 0.3) is 0 Å². The van der Waals surface area contributed by atoms with Gasteiger partial charge in [0.1, 0.15) is 6.29 Å². The lowest BCUT2D eigenvalue weighted by molar-refractivity contribution is 0.112. The third-order valence-electron chi connectivity index (χ3n) is 2.26. The summed E-state index contributed by atoms with van der Waals surface area (Å²) in [4.78, 5) is 12.7. The fraction of sp³-hybridized carbons (Fsp3) is 0.364. The van der Waals surface area contributed by atoms with Gasteiger partial charge in [0.25, 0.3) is 0 Å². The Balaban J connectivity index is 3.05. The van der Waals surface area contributed by atoms with E-state index in [2.05, 4.69) is 34.7 Å². The van der Waals surface area contributed by atoms with E-state index in [0.717, 1.165) is 16.4 Å². The van der Waals surface area contributed by atoms with E-state index in [1.165, 1.54) is 0 Å². The topological polar surface area (TPSA) is 20.3 Å². The zero-order valence-electron chi connectivity index (χ0n) is 8.62. The summed E-state index contributed by atoms with van der Waals surface area (Å²) >= 11 is 3.46. The number of carbonyl (C=O) groups is 1. The molecule has 0 aliphatic heterocycles. The number of halogens is 1. The van der Waals surface area contributed by atoms with E-state index in [-0.39, 0.29) is 0 Å². The largest absolute Gasteiger partial charge is 0.371 e. The minimum Gasteiger partial charge on any atom is -0.371 e. The van der Waals surface area contributed by atoms with Crippen LogP contribution in [-0.4, -0.2) is 19.4 Å². The molecule has 2 nitrogen and oxygen atoms in total. The highest BCUT2D eigenvalue weighted by Gasteiger charge is 2.08. The van der Waals surface area contributed by atoms with Crippen molar-refractivity contribution in [2.75, 3.05) is 11.9 Å². The van der Waals surface area contributed by atoms with E-state index < -0.39 is 0 Å². The maximum absolute atomic E-state index is 10.5. The van der Waals surface area contributed by atoms with Gasteiger partial charge in [-0.15, -0.1) is 0 Å². The van der Waals surface area contributed by atoms with Crippen LogP contribution in [0.3, 0.4) is 0 Å². The first-order chi connectivity index (χ1) is 6.56. The Morgan fingerprint density at radius 2 is 2.07 bits per heavy atom. The van der Waals surface area contributed by atoms with Crippen LogP contribution in [0.1, 0.15) is 24.2 Å². The molecule has 14 heavy (non-hydrogen) atoms. The zero-order valence-corrected chi connectivity index (χ0v) is 10.2. The van der Waals surface area contributed by atoms with Gasteiger partial charge >= 0.3 is 0 Å². The Hall–Kier alpha value is -0.830. The van der Waals surface area contributed by atoms with Crippen LogP contribution in [0.2, 0.25) is 0 Å². The fourth-order valence-electron chi connectivity index (χ4n) is 1.16. The summed E-state index contributed by atoms with van der Waals surface area (Å²) in [7, 11) is 2.03. The Morgan fingerprint density at radius 3 is 2.50 bits per heavy atom. The maximum atomic E-state index is 10.5. The predicted octanol–water partition coefficient (Wildman–Crippen LogP) is 3.11. The summed E-state index contributed by atoms with van der Waals surface area (Å²) in [5, 5.41) is 0. The second-order valence-corrected chi connectivity index (χ2v) is 4.39. The van der Waals surface area contributed by atoms with Crippen molar-refractivity contribution in [3.63, 3.8) is 0 Å². The Labute approximate surface area is 93.0 Å². The minimum absolute atomic E-state index is 0.438. The van der Waals surface area contributed by atoms with Crippen LogP contribution in [-0.2, 0) is 0 Å². The van der Waals surface area contributed by atoms with E-state index in [1.54, 1.807) is 0 Å². The molecule has 1 aromatic rings. The molecule has 0 N–H and O–H groups in total. The lowest BCUT2D eigenvalue weighted by Crippen LogP contribution is -2.25. The molecular weight excluding hydrogens is 242 g/mol. The molecule has 0 fully saturated rings. The van der Waals surface area contributed by atoms with Gasteiger partial charge in [-0.25, -0.2) is 0 Å². The quantitative estimate of drug-likeness (QED) is 0.774. The first-order valence-electron chi connectivity index (χ1n) is 4.54. The average Bonchev–Trinajstić information content (AvgIpc) is 2.16. The molecule has 76 valence electrons. The summed E-state index contributed by atoms with van der Waals surface area (Å²) < 4.78 is 0.957. The molecular formula is C11H14BrNO. The molecule has 3 heteroatoms. The standard InChI is InChI=1S/C11H14BrNO/c1-8(2)13(3)11-5-4-9(7-14)6-10(11)12/h4-8H,1-3H3. The van der Waals surface area contributed by atoms with E-state index in [4.69, 9.17) is 0 Å². The normalized spacial score (nSPS) is 10.4. The smallest absolute Gasteiger partial charge is 0.150 e. The second-order valence-electron chi connectivity index (χ2n) is 3.53. The molecule has 0 unspecified atom stereocenters. The van der Waals surface area contributed by atoms with Gasteiger partial charge in [-0.3, -0.25) is 4.79 Å². The summed E-state index contributed by atoms with van der Waals surface area (Å²) in [5.41, 5.74) is 1.79. The second kappa shape index (κ2) is 4.60. The molecule has 0 spiro atoms. The highest BCUT2D eigenvalue weighted by Crippen LogP contribution is 2.27. The van der Waals surface area contributed by atoms with Crippen molar-refractivity contribution in [3.8, 4) is 0 Å². The Kier molecular flexibility index (Phi) is 3.69. The van der Waals surface area contributed by atoms with Gasteiger partial charge in [-0.05, 0) is 48.0 Å². The van der Waals surface area contributed by atoms with Gasteiger partial charge in [0.2, 0.25) is 0 Å².